The Kier molecular flexibility index (Phi) is 7.50. The highest BCUT2D eigenvalue weighted by molar-refractivity contribution is 6.05. The smallest absolute Gasteiger partial charge is 0.255 e. The Balaban J connectivity index is 1.25. The molecule has 0 atom stereocenters. The van der Waals surface area contributed by atoms with Crippen LogP contribution in [0.4, 0.5) is 28.6 Å². The maximum absolute atomic E-state index is 13.1. The number of carbonyl (C=O) groups excluding carboxylic acids is 1. The highest BCUT2D eigenvalue weighted by Gasteiger charge is 2.17. The summed E-state index contributed by atoms with van der Waals surface area (Å²) in [7, 11) is 6.12. The van der Waals surface area contributed by atoms with Crippen LogP contribution in [0.1, 0.15) is 15.9 Å². The van der Waals surface area contributed by atoms with Gasteiger partial charge in [0.05, 0.1) is 5.39 Å². The lowest BCUT2D eigenvalue weighted by molar-refractivity contribution is 0.102. The Hall–Kier alpha value is -4.89. The molecule has 0 saturated carbocycles. The molecule has 9 heteroatoms. The Labute approximate surface area is 246 Å². The summed E-state index contributed by atoms with van der Waals surface area (Å²) in [4.78, 5) is 32.8. The molecule has 3 N–H and O–H groups in total. The van der Waals surface area contributed by atoms with Gasteiger partial charge in [0.25, 0.3) is 5.91 Å². The predicted octanol–water partition coefficient (Wildman–Crippen LogP) is 5.75. The van der Waals surface area contributed by atoms with Crippen molar-refractivity contribution < 1.29 is 4.79 Å². The van der Waals surface area contributed by atoms with Gasteiger partial charge in [-0.2, -0.15) is 0 Å². The van der Waals surface area contributed by atoms with Gasteiger partial charge in [-0.05, 0) is 80.2 Å². The van der Waals surface area contributed by atoms with Crippen LogP contribution in [-0.2, 0) is 0 Å². The SMILES string of the molecule is Cc1c(NC(=O)c2ccc(N(C)C)cc2)cccc1-c1nc(Nc2ccc(N3CCN(C)CC3)cc2)c2cc[nH]c2n1. The van der Waals surface area contributed by atoms with E-state index in [1.54, 1.807) is 0 Å². The lowest BCUT2D eigenvalue weighted by Gasteiger charge is -2.34. The number of hydrogen-bond donors (Lipinski definition) is 3. The van der Waals surface area contributed by atoms with Gasteiger partial charge in [-0.1, -0.05) is 12.1 Å². The minimum atomic E-state index is -0.163. The molecule has 0 bridgehead atoms. The molecule has 1 saturated heterocycles. The normalized spacial score (nSPS) is 13.8. The summed E-state index contributed by atoms with van der Waals surface area (Å²) in [5, 5.41) is 7.49. The second-order valence-corrected chi connectivity index (χ2v) is 11.0. The van der Waals surface area contributed by atoms with Gasteiger partial charge in [-0.3, -0.25) is 4.79 Å². The number of aromatic amines is 1. The van der Waals surface area contributed by atoms with Gasteiger partial charge in [0.15, 0.2) is 5.82 Å². The lowest BCUT2D eigenvalue weighted by Crippen LogP contribution is -2.44. The van der Waals surface area contributed by atoms with Crippen LogP contribution < -0.4 is 20.4 Å². The molecule has 0 unspecified atom stereocenters. The van der Waals surface area contributed by atoms with Crippen molar-refractivity contribution in [1.82, 2.24) is 19.9 Å². The van der Waals surface area contributed by atoms with Gasteiger partial charge in [0.1, 0.15) is 11.5 Å². The first kappa shape index (κ1) is 27.3. The van der Waals surface area contributed by atoms with E-state index < -0.39 is 0 Å². The molecule has 42 heavy (non-hydrogen) atoms. The number of anilines is 5. The molecule has 1 amide bonds. The standard InChI is InChI=1S/C33H36N8O/c1-22-27(6-5-7-29(22)36-33(42)23-8-12-25(13-9-23)39(2)3)31-37-30-28(16-17-34-30)32(38-31)35-24-10-14-26(15-11-24)41-20-18-40(4)19-21-41/h5-17H,18-21H2,1-4H3,(H,36,42)(H2,34,35,37,38). The number of benzene rings is 3. The third-order valence-electron chi connectivity index (χ3n) is 7.88. The van der Waals surface area contributed by atoms with Crippen molar-refractivity contribution in [3.05, 3.63) is 90.1 Å². The molecule has 6 rings (SSSR count). The van der Waals surface area contributed by atoms with Gasteiger partial charge in [0, 0.05) is 80.3 Å². The van der Waals surface area contributed by atoms with Crippen LogP contribution in [0.15, 0.2) is 79.0 Å². The first-order valence-electron chi connectivity index (χ1n) is 14.2. The second-order valence-electron chi connectivity index (χ2n) is 11.0. The van der Waals surface area contributed by atoms with E-state index in [9.17, 15) is 4.79 Å². The van der Waals surface area contributed by atoms with Crippen LogP contribution in [0.2, 0.25) is 0 Å². The number of nitrogens with one attached hydrogen (secondary N) is 3. The van der Waals surface area contributed by atoms with Gasteiger partial charge < -0.3 is 30.3 Å². The maximum atomic E-state index is 13.1. The zero-order valence-electron chi connectivity index (χ0n) is 24.5. The van der Waals surface area contributed by atoms with E-state index >= 15 is 0 Å². The molecule has 214 valence electrons. The molecule has 1 aliphatic rings. The van der Waals surface area contributed by atoms with E-state index in [1.165, 1.54) is 5.69 Å². The van der Waals surface area contributed by atoms with Crippen LogP contribution in [0.25, 0.3) is 22.4 Å². The van der Waals surface area contributed by atoms with Crippen LogP contribution >= 0.6 is 0 Å². The monoisotopic (exact) mass is 560 g/mol. The highest BCUT2D eigenvalue weighted by atomic mass is 16.1. The van der Waals surface area contributed by atoms with E-state index in [4.69, 9.17) is 9.97 Å². The van der Waals surface area contributed by atoms with Crippen molar-refractivity contribution in [2.24, 2.45) is 0 Å². The van der Waals surface area contributed by atoms with Gasteiger partial charge in [-0.25, -0.2) is 9.97 Å². The first-order chi connectivity index (χ1) is 20.4. The zero-order valence-corrected chi connectivity index (χ0v) is 24.5. The summed E-state index contributed by atoms with van der Waals surface area (Å²) in [6.07, 6.45) is 1.87. The molecule has 9 nitrogen and oxygen atoms in total. The van der Waals surface area contributed by atoms with Crippen molar-refractivity contribution >= 4 is 45.5 Å². The molecule has 0 radical (unpaired) electrons. The van der Waals surface area contributed by atoms with Crippen LogP contribution in [0, 0.1) is 6.92 Å². The molecule has 1 aliphatic heterocycles. The molecule has 0 spiro atoms. The van der Waals surface area contributed by atoms with E-state index in [2.05, 4.69) is 56.7 Å². The fraction of sp³-hybridized carbons (Fsp3) is 0.242. The number of amides is 1. The number of rotatable bonds is 7. The molecule has 2 aromatic heterocycles. The van der Waals surface area contributed by atoms with Gasteiger partial charge >= 0.3 is 0 Å². The Morgan fingerprint density at radius 3 is 2.36 bits per heavy atom. The fourth-order valence-electron chi connectivity index (χ4n) is 5.23. The Bertz CT molecular complexity index is 1700. The predicted molar refractivity (Wildman–Crippen MR) is 172 cm³/mol. The average molecular weight is 561 g/mol. The minimum absolute atomic E-state index is 0.163. The van der Waals surface area contributed by atoms with Crippen molar-refractivity contribution in [3.63, 3.8) is 0 Å². The van der Waals surface area contributed by atoms with Crippen LogP contribution in [0.3, 0.4) is 0 Å². The van der Waals surface area contributed by atoms with Crippen LogP contribution in [0.5, 0.6) is 0 Å². The maximum Gasteiger partial charge on any atom is 0.255 e. The summed E-state index contributed by atoms with van der Waals surface area (Å²) in [5.41, 5.74) is 7.02. The molecule has 1 fully saturated rings. The number of aromatic nitrogens is 3. The van der Waals surface area contributed by atoms with Crippen molar-refractivity contribution in [1.29, 1.82) is 0 Å². The van der Waals surface area contributed by atoms with Gasteiger partial charge in [-0.15, -0.1) is 0 Å². The van der Waals surface area contributed by atoms with E-state index in [-0.39, 0.29) is 5.91 Å². The Morgan fingerprint density at radius 1 is 0.905 bits per heavy atom. The molecule has 3 aromatic carbocycles. The van der Waals surface area contributed by atoms with Crippen molar-refractivity contribution in [2.45, 2.75) is 6.92 Å². The third-order valence-corrected chi connectivity index (χ3v) is 7.88. The van der Waals surface area contributed by atoms with Crippen molar-refractivity contribution in [3.8, 4) is 11.4 Å². The molecule has 0 aliphatic carbocycles. The molecular formula is C33H36N8O. The van der Waals surface area contributed by atoms with Crippen LogP contribution in [-0.4, -0.2) is 73.1 Å². The molecule has 3 heterocycles. The van der Waals surface area contributed by atoms with Gasteiger partial charge in [0.2, 0.25) is 0 Å². The number of hydrogen-bond acceptors (Lipinski definition) is 7. The Morgan fingerprint density at radius 2 is 1.64 bits per heavy atom. The first-order valence-corrected chi connectivity index (χ1v) is 14.2. The largest absolute Gasteiger partial charge is 0.378 e. The zero-order chi connectivity index (χ0) is 29.2. The molecular weight excluding hydrogens is 524 g/mol. The fourth-order valence-corrected chi connectivity index (χ4v) is 5.23. The number of nitrogens with zero attached hydrogens (tertiary/aromatic N) is 5. The number of H-pyrrole nitrogens is 1. The summed E-state index contributed by atoms with van der Waals surface area (Å²) < 4.78 is 0. The number of fused-ring (bicyclic) bond motifs is 1. The summed E-state index contributed by atoms with van der Waals surface area (Å²) in [6.45, 7) is 6.19. The topological polar surface area (TPSA) is 92.4 Å². The number of carbonyl (C=O) groups is 1. The van der Waals surface area contributed by atoms with E-state index in [0.29, 0.717) is 11.4 Å². The van der Waals surface area contributed by atoms with E-state index in [1.807, 2.05) is 80.6 Å². The lowest BCUT2D eigenvalue weighted by atomic mass is 10.1. The second kappa shape index (κ2) is 11.5. The summed E-state index contributed by atoms with van der Waals surface area (Å²) >= 11 is 0. The number of likely N-dealkylation sites (N-methyl/N-ethyl adjacent to an activating group) is 1. The third kappa shape index (κ3) is 5.64. The average Bonchev–Trinajstić information content (AvgIpc) is 3.48. The minimum Gasteiger partial charge on any atom is -0.378 e. The molecule has 5 aromatic rings. The summed E-state index contributed by atoms with van der Waals surface area (Å²) in [6, 6.07) is 23.8. The number of piperazine rings is 1. The quantitative estimate of drug-likeness (QED) is 0.234. The highest BCUT2D eigenvalue weighted by Crippen LogP contribution is 2.31. The van der Waals surface area contributed by atoms with Crippen molar-refractivity contribution in [2.75, 3.05) is 67.8 Å². The van der Waals surface area contributed by atoms with E-state index in [0.717, 1.165) is 71.2 Å². The summed E-state index contributed by atoms with van der Waals surface area (Å²) in [5.74, 6) is 1.13.